The Balaban J connectivity index is 3.12. The summed E-state index contributed by atoms with van der Waals surface area (Å²) in [4.78, 5) is 30.4. The number of carbonyl (C=O) groups excluding carboxylic acids is 2. The van der Waals surface area contributed by atoms with Crippen molar-refractivity contribution in [3.05, 3.63) is 10.6 Å². The molecule has 0 spiro atoms. The molecule has 5 nitrogen and oxygen atoms in total. The summed E-state index contributed by atoms with van der Waals surface area (Å²) in [6.45, 7) is 9.37. The number of ketones is 1. The van der Waals surface area contributed by atoms with Gasteiger partial charge in [0.05, 0.1) is 6.61 Å². The van der Waals surface area contributed by atoms with Gasteiger partial charge in [-0.05, 0) is 19.8 Å². The van der Waals surface area contributed by atoms with E-state index >= 15 is 0 Å². The minimum atomic E-state index is -0.520. The number of carbonyl (C=O) groups is 2. The monoisotopic (exact) mass is 298 g/mol. The molecule has 20 heavy (non-hydrogen) atoms. The fourth-order valence-corrected chi connectivity index (χ4v) is 2.86. The Morgan fingerprint density at radius 3 is 2.25 bits per heavy atom. The van der Waals surface area contributed by atoms with Crippen molar-refractivity contribution in [3.8, 4) is 0 Å². The van der Waals surface area contributed by atoms with E-state index in [0.717, 1.165) is 31.1 Å². The second-order valence-corrected chi connectivity index (χ2v) is 5.42. The van der Waals surface area contributed by atoms with Gasteiger partial charge in [-0.1, -0.05) is 25.2 Å². The van der Waals surface area contributed by atoms with Gasteiger partial charge in [-0.3, -0.25) is 4.79 Å². The highest BCUT2D eigenvalue weighted by molar-refractivity contribution is 7.17. The first-order valence-electron chi connectivity index (χ1n) is 6.98. The molecule has 6 heteroatoms. The number of esters is 1. The molecule has 0 aromatic carbocycles. The zero-order chi connectivity index (χ0) is 15.1. The van der Waals surface area contributed by atoms with Gasteiger partial charge in [-0.15, -0.1) is 0 Å². The van der Waals surface area contributed by atoms with Crippen molar-refractivity contribution in [1.29, 1.82) is 0 Å². The van der Waals surface area contributed by atoms with E-state index in [-0.39, 0.29) is 18.1 Å². The average Bonchev–Trinajstić information content (AvgIpc) is 2.84. The second kappa shape index (κ2) is 7.99. The van der Waals surface area contributed by atoms with E-state index in [1.807, 2.05) is 0 Å². The number of nitrogens with zero attached hydrogens (tertiary/aromatic N) is 2. The highest BCUT2D eigenvalue weighted by atomic mass is 32.1. The van der Waals surface area contributed by atoms with E-state index < -0.39 is 5.97 Å². The summed E-state index contributed by atoms with van der Waals surface area (Å²) in [5, 5.41) is 0.724. The first kappa shape index (κ1) is 16.6. The summed E-state index contributed by atoms with van der Waals surface area (Å²) >= 11 is 1.27. The Bertz CT molecular complexity index is 465. The van der Waals surface area contributed by atoms with Gasteiger partial charge < -0.3 is 9.64 Å². The van der Waals surface area contributed by atoms with Gasteiger partial charge in [0, 0.05) is 20.0 Å². The number of anilines is 1. The molecule has 1 aromatic heterocycles. The van der Waals surface area contributed by atoms with Gasteiger partial charge in [-0.2, -0.15) is 0 Å². The predicted octanol–water partition coefficient (Wildman–Crippen LogP) is 3.15. The predicted molar refractivity (Wildman–Crippen MR) is 80.9 cm³/mol. The van der Waals surface area contributed by atoms with Crippen LogP contribution in [0.1, 0.15) is 60.7 Å². The molecule has 0 aliphatic rings. The van der Waals surface area contributed by atoms with E-state index in [2.05, 4.69) is 23.7 Å². The molecular weight excluding hydrogens is 276 g/mol. The minimum absolute atomic E-state index is 0.148. The molecule has 0 aliphatic carbocycles. The van der Waals surface area contributed by atoms with Crippen molar-refractivity contribution >= 4 is 28.2 Å². The fraction of sp³-hybridized carbons (Fsp3) is 0.643. The molecule has 0 aliphatic heterocycles. The third-order valence-corrected chi connectivity index (χ3v) is 3.88. The summed E-state index contributed by atoms with van der Waals surface area (Å²) in [5.74, 6) is -0.669. The highest BCUT2D eigenvalue weighted by Crippen LogP contribution is 2.28. The minimum Gasteiger partial charge on any atom is -0.461 e. The standard InChI is InChI=1S/C14H22N2O3S/c1-5-8-16(9-6-2)14-15-11(13(18)19-7-3)12(20-14)10(4)17/h5-9H2,1-4H3. The van der Waals surface area contributed by atoms with Crippen molar-refractivity contribution in [3.63, 3.8) is 0 Å². The lowest BCUT2D eigenvalue weighted by Gasteiger charge is -2.19. The summed E-state index contributed by atoms with van der Waals surface area (Å²) in [5.41, 5.74) is 0.150. The Kier molecular flexibility index (Phi) is 6.64. The molecule has 0 radical (unpaired) electrons. The molecular formula is C14H22N2O3S. The number of hydrogen-bond donors (Lipinski definition) is 0. The molecule has 0 N–H and O–H groups in total. The van der Waals surface area contributed by atoms with Crippen molar-refractivity contribution < 1.29 is 14.3 Å². The second-order valence-electron chi connectivity index (χ2n) is 4.44. The van der Waals surface area contributed by atoms with Crippen LogP contribution in [0.5, 0.6) is 0 Å². The normalized spacial score (nSPS) is 10.4. The smallest absolute Gasteiger partial charge is 0.358 e. The zero-order valence-corrected chi connectivity index (χ0v) is 13.4. The summed E-state index contributed by atoms with van der Waals surface area (Å²) in [6, 6.07) is 0. The molecule has 0 saturated carbocycles. The molecule has 0 bridgehead atoms. The van der Waals surface area contributed by atoms with Gasteiger partial charge in [0.2, 0.25) is 0 Å². The zero-order valence-electron chi connectivity index (χ0n) is 12.6. The van der Waals surface area contributed by atoms with E-state index in [4.69, 9.17) is 4.74 Å². The molecule has 0 fully saturated rings. The van der Waals surface area contributed by atoms with Crippen LogP contribution in [-0.2, 0) is 4.74 Å². The van der Waals surface area contributed by atoms with Gasteiger partial charge >= 0.3 is 5.97 Å². The first-order valence-corrected chi connectivity index (χ1v) is 7.80. The van der Waals surface area contributed by atoms with Crippen LogP contribution in [0, 0.1) is 0 Å². The largest absolute Gasteiger partial charge is 0.461 e. The first-order chi connectivity index (χ1) is 9.54. The van der Waals surface area contributed by atoms with Crippen LogP contribution in [0.2, 0.25) is 0 Å². The maximum Gasteiger partial charge on any atom is 0.358 e. The van der Waals surface area contributed by atoms with E-state index in [1.165, 1.54) is 18.3 Å². The van der Waals surface area contributed by atoms with Crippen LogP contribution in [0.4, 0.5) is 5.13 Å². The van der Waals surface area contributed by atoms with Crippen molar-refractivity contribution in [2.24, 2.45) is 0 Å². The third-order valence-electron chi connectivity index (χ3n) is 2.66. The number of thiazole rings is 1. The lowest BCUT2D eigenvalue weighted by molar-refractivity contribution is 0.0517. The molecule has 1 heterocycles. The molecule has 0 atom stereocenters. The molecule has 112 valence electrons. The Hall–Kier alpha value is -1.43. The van der Waals surface area contributed by atoms with Gasteiger partial charge in [0.1, 0.15) is 4.88 Å². The van der Waals surface area contributed by atoms with E-state index in [0.29, 0.717) is 4.88 Å². The van der Waals surface area contributed by atoms with Crippen LogP contribution in [-0.4, -0.2) is 36.4 Å². The Labute approximate surface area is 124 Å². The summed E-state index contributed by atoms with van der Waals surface area (Å²) in [6.07, 6.45) is 1.98. The van der Waals surface area contributed by atoms with Crippen LogP contribution in [0.3, 0.4) is 0 Å². The fourth-order valence-electron chi connectivity index (χ4n) is 1.86. The maximum atomic E-state index is 11.9. The number of ether oxygens (including phenoxy) is 1. The van der Waals surface area contributed by atoms with E-state index in [9.17, 15) is 9.59 Å². The number of aromatic nitrogens is 1. The summed E-state index contributed by atoms with van der Waals surface area (Å²) < 4.78 is 4.97. The molecule has 0 saturated heterocycles. The van der Waals surface area contributed by atoms with Crippen LogP contribution in [0.15, 0.2) is 0 Å². The van der Waals surface area contributed by atoms with Crippen molar-refractivity contribution in [1.82, 2.24) is 4.98 Å². The number of Topliss-reactive ketones (excluding diaryl/α,β-unsaturated/α-hetero) is 1. The van der Waals surface area contributed by atoms with Gasteiger partial charge in [0.25, 0.3) is 0 Å². The van der Waals surface area contributed by atoms with E-state index in [1.54, 1.807) is 6.92 Å². The number of hydrogen-bond acceptors (Lipinski definition) is 6. The SMILES string of the molecule is CCCN(CCC)c1nc(C(=O)OCC)c(C(C)=O)s1. The maximum absolute atomic E-state index is 11.9. The van der Waals surface area contributed by atoms with Gasteiger partial charge in [0.15, 0.2) is 16.6 Å². The lowest BCUT2D eigenvalue weighted by Crippen LogP contribution is -2.24. The van der Waals surface area contributed by atoms with Crippen LogP contribution >= 0.6 is 11.3 Å². The number of rotatable bonds is 8. The van der Waals surface area contributed by atoms with Gasteiger partial charge in [-0.25, -0.2) is 9.78 Å². The average molecular weight is 298 g/mol. The lowest BCUT2D eigenvalue weighted by atomic mass is 10.3. The molecule has 1 rings (SSSR count). The van der Waals surface area contributed by atoms with Crippen molar-refractivity contribution in [2.45, 2.75) is 40.5 Å². The molecule has 1 aromatic rings. The highest BCUT2D eigenvalue weighted by Gasteiger charge is 2.24. The topological polar surface area (TPSA) is 59.5 Å². The Morgan fingerprint density at radius 2 is 1.80 bits per heavy atom. The molecule has 0 amide bonds. The summed E-state index contributed by atoms with van der Waals surface area (Å²) in [7, 11) is 0. The van der Waals surface area contributed by atoms with Crippen molar-refractivity contribution in [2.75, 3.05) is 24.6 Å². The Morgan fingerprint density at radius 1 is 1.20 bits per heavy atom. The quantitative estimate of drug-likeness (QED) is 0.545. The van der Waals surface area contributed by atoms with Crippen LogP contribution in [0.25, 0.3) is 0 Å². The molecule has 0 unspecified atom stereocenters. The third kappa shape index (κ3) is 4.03. The van der Waals surface area contributed by atoms with Crippen LogP contribution < -0.4 is 4.90 Å².